The van der Waals surface area contributed by atoms with Crippen LogP contribution in [0.4, 0.5) is 10.5 Å². The number of benzene rings is 2. The van der Waals surface area contributed by atoms with Crippen LogP contribution in [0.5, 0.6) is 0 Å². The average Bonchev–Trinajstić information content (AvgIpc) is 3.32. The number of nitrogens with zero attached hydrogens (tertiary/aromatic N) is 2. The zero-order chi connectivity index (χ0) is 25.2. The summed E-state index contributed by atoms with van der Waals surface area (Å²) in [6, 6.07) is 13.8. The largest absolute Gasteiger partial charge is 0.424 e. The molecule has 186 valence electrons. The van der Waals surface area contributed by atoms with E-state index in [4.69, 9.17) is 4.74 Å². The summed E-state index contributed by atoms with van der Waals surface area (Å²) in [5.74, 6) is -0.252. The average molecular weight is 499 g/mol. The van der Waals surface area contributed by atoms with Gasteiger partial charge in [-0.25, -0.2) is 23.1 Å². The molecule has 2 heterocycles. The van der Waals surface area contributed by atoms with Crippen molar-refractivity contribution in [2.24, 2.45) is 0 Å². The minimum absolute atomic E-state index is 0.116. The molecule has 0 aliphatic carbocycles. The van der Waals surface area contributed by atoms with Gasteiger partial charge in [-0.05, 0) is 37.1 Å². The van der Waals surface area contributed by atoms with Crippen LogP contribution >= 0.6 is 0 Å². The summed E-state index contributed by atoms with van der Waals surface area (Å²) in [6.07, 6.45) is 4.15. The molecule has 1 aliphatic heterocycles. The number of ether oxygens (including phenoxy) is 1. The first-order valence-electron chi connectivity index (χ1n) is 11.7. The summed E-state index contributed by atoms with van der Waals surface area (Å²) in [5.41, 5.74) is 0.548. The lowest BCUT2D eigenvalue weighted by Crippen LogP contribution is -2.44. The van der Waals surface area contributed by atoms with Gasteiger partial charge in [-0.1, -0.05) is 56.5 Å². The molecule has 2 atom stereocenters. The number of carbonyl (C=O) groups excluding carboxylic acids is 2. The topological polar surface area (TPSA) is 121 Å². The Balaban J connectivity index is 1.75. The third-order valence-corrected chi connectivity index (χ3v) is 6.76. The molecule has 2 unspecified atom stereocenters. The van der Waals surface area contributed by atoms with E-state index in [0.29, 0.717) is 23.1 Å². The summed E-state index contributed by atoms with van der Waals surface area (Å²) < 4.78 is 31.6. The number of aromatic nitrogens is 2. The van der Waals surface area contributed by atoms with Gasteiger partial charge in [0.05, 0.1) is 23.0 Å². The van der Waals surface area contributed by atoms with Crippen LogP contribution < -0.4 is 4.72 Å². The molecular formula is C25H30N4O5S. The Hall–Kier alpha value is -3.40. The number of H-pyrrole nitrogens is 1. The molecule has 3 aromatic rings. The zero-order valence-corrected chi connectivity index (χ0v) is 20.9. The standard InChI is InChI=1S/C25H30N4O5S/c1-4-5-7-10-17(2)29-23(30)25(34-24(29)31,16-18-11-8-6-9-12-18)22-26-20-14-13-19(15-21(20)27-22)28-35(3,32)33/h6,8-9,11-15,17,28H,4-5,7,10,16H2,1-3H3,(H,26,27). The van der Waals surface area contributed by atoms with Crippen LogP contribution in [0.25, 0.3) is 11.0 Å². The number of nitrogens with one attached hydrogen (secondary N) is 2. The maximum atomic E-state index is 13.9. The van der Waals surface area contributed by atoms with Gasteiger partial charge in [0, 0.05) is 12.5 Å². The lowest BCUT2D eigenvalue weighted by Gasteiger charge is -2.24. The Morgan fingerprint density at radius 1 is 1.14 bits per heavy atom. The fourth-order valence-electron chi connectivity index (χ4n) is 4.43. The zero-order valence-electron chi connectivity index (χ0n) is 20.1. The monoisotopic (exact) mass is 498 g/mol. The Bertz CT molecular complexity index is 1340. The third kappa shape index (κ3) is 5.17. The number of imidazole rings is 1. The number of imide groups is 1. The van der Waals surface area contributed by atoms with Gasteiger partial charge in [0.2, 0.25) is 10.0 Å². The number of aromatic amines is 1. The van der Waals surface area contributed by atoms with E-state index < -0.39 is 27.6 Å². The van der Waals surface area contributed by atoms with Gasteiger partial charge in [-0.3, -0.25) is 9.52 Å². The minimum Gasteiger partial charge on any atom is -0.424 e. The Kier molecular flexibility index (Phi) is 6.84. The Morgan fingerprint density at radius 2 is 1.89 bits per heavy atom. The highest BCUT2D eigenvalue weighted by Crippen LogP contribution is 2.39. The molecule has 0 radical (unpaired) electrons. The number of rotatable bonds is 10. The van der Waals surface area contributed by atoms with E-state index in [9.17, 15) is 18.0 Å². The van der Waals surface area contributed by atoms with Crippen LogP contribution in [0.2, 0.25) is 0 Å². The molecule has 2 amide bonds. The molecular weight excluding hydrogens is 468 g/mol. The van der Waals surface area contributed by atoms with Gasteiger partial charge in [-0.15, -0.1) is 0 Å². The van der Waals surface area contributed by atoms with Gasteiger partial charge in [0.25, 0.3) is 11.5 Å². The summed E-state index contributed by atoms with van der Waals surface area (Å²) >= 11 is 0. The SMILES string of the molecule is CCCCCC(C)N1C(=O)OC(Cc2ccccc2)(c2nc3ccc(NS(C)(=O)=O)cc3[nH]2)C1=O. The summed E-state index contributed by atoms with van der Waals surface area (Å²) in [5, 5.41) is 0. The molecule has 0 bridgehead atoms. The number of cyclic esters (lactones) is 1. The van der Waals surface area contributed by atoms with Crippen LogP contribution in [-0.2, 0) is 31.6 Å². The summed E-state index contributed by atoms with van der Waals surface area (Å²) in [7, 11) is -3.46. The quantitative estimate of drug-likeness (QED) is 0.402. The van der Waals surface area contributed by atoms with Crippen molar-refractivity contribution in [2.45, 2.75) is 57.6 Å². The van der Waals surface area contributed by atoms with Gasteiger partial charge in [0.15, 0.2) is 5.82 Å². The first kappa shape index (κ1) is 24.7. The van der Waals surface area contributed by atoms with E-state index in [2.05, 4.69) is 21.6 Å². The first-order chi connectivity index (χ1) is 16.6. The van der Waals surface area contributed by atoms with E-state index in [0.717, 1.165) is 31.1 Å². The van der Waals surface area contributed by atoms with Crippen LogP contribution in [0.15, 0.2) is 48.5 Å². The summed E-state index contributed by atoms with van der Waals surface area (Å²) in [4.78, 5) is 35.8. The number of hydrogen-bond donors (Lipinski definition) is 2. The Labute approximate surface area is 204 Å². The predicted octanol–water partition coefficient (Wildman–Crippen LogP) is 4.32. The molecule has 2 N–H and O–H groups in total. The second-order valence-electron chi connectivity index (χ2n) is 9.07. The maximum Gasteiger partial charge on any atom is 0.418 e. The van der Waals surface area contributed by atoms with Crippen LogP contribution in [0.3, 0.4) is 0 Å². The number of fused-ring (bicyclic) bond motifs is 1. The van der Waals surface area contributed by atoms with E-state index in [1.807, 2.05) is 37.3 Å². The fourth-order valence-corrected chi connectivity index (χ4v) is 4.98. The number of unbranched alkanes of at least 4 members (excludes halogenated alkanes) is 2. The fraction of sp³-hybridized carbons (Fsp3) is 0.400. The maximum absolute atomic E-state index is 13.9. The highest BCUT2D eigenvalue weighted by molar-refractivity contribution is 7.92. The van der Waals surface area contributed by atoms with E-state index >= 15 is 0 Å². The second kappa shape index (κ2) is 9.69. The molecule has 1 saturated heterocycles. The number of carbonyl (C=O) groups is 2. The van der Waals surface area contributed by atoms with Gasteiger partial charge < -0.3 is 9.72 Å². The van der Waals surface area contributed by atoms with Crippen molar-refractivity contribution in [1.82, 2.24) is 14.9 Å². The number of sulfonamides is 1. The van der Waals surface area contributed by atoms with Crippen molar-refractivity contribution in [2.75, 3.05) is 11.0 Å². The molecule has 1 aromatic heterocycles. The Morgan fingerprint density at radius 3 is 2.57 bits per heavy atom. The molecule has 9 nitrogen and oxygen atoms in total. The van der Waals surface area contributed by atoms with Crippen molar-refractivity contribution in [3.63, 3.8) is 0 Å². The van der Waals surface area contributed by atoms with Crippen LogP contribution in [0.1, 0.15) is 50.9 Å². The van der Waals surface area contributed by atoms with Gasteiger partial charge >= 0.3 is 6.09 Å². The molecule has 10 heteroatoms. The highest BCUT2D eigenvalue weighted by Gasteiger charge is 2.58. The molecule has 35 heavy (non-hydrogen) atoms. The third-order valence-electron chi connectivity index (χ3n) is 6.15. The minimum atomic E-state index is -3.46. The molecule has 4 rings (SSSR count). The van der Waals surface area contributed by atoms with E-state index in [-0.39, 0.29) is 18.3 Å². The lowest BCUT2D eigenvalue weighted by molar-refractivity contribution is -0.139. The smallest absolute Gasteiger partial charge is 0.418 e. The normalized spacial score (nSPS) is 19.2. The number of hydrogen-bond acceptors (Lipinski definition) is 6. The highest BCUT2D eigenvalue weighted by atomic mass is 32.2. The molecule has 1 aliphatic rings. The van der Waals surface area contributed by atoms with Gasteiger partial charge in [0.1, 0.15) is 0 Å². The number of anilines is 1. The van der Waals surface area contributed by atoms with Crippen molar-refractivity contribution in [3.8, 4) is 0 Å². The van der Waals surface area contributed by atoms with Crippen LogP contribution in [0, 0.1) is 0 Å². The molecule has 2 aromatic carbocycles. The van der Waals surface area contributed by atoms with Crippen molar-refractivity contribution < 1.29 is 22.7 Å². The van der Waals surface area contributed by atoms with Crippen molar-refractivity contribution in [3.05, 3.63) is 59.9 Å². The van der Waals surface area contributed by atoms with Crippen molar-refractivity contribution >= 4 is 38.7 Å². The lowest BCUT2D eigenvalue weighted by atomic mass is 9.92. The van der Waals surface area contributed by atoms with E-state index in [1.165, 1.54) is 4.90 Å². The number of amides is 2. The van der Waals surface area contributed by atoms with E-state index in [1.54, 1.807) is 18.2 Å². The molecule has 0 spiro atoms. The predicted molar refractivity (Wildman–Crippen MR) is 133 cm³/mol. The van der Waals surface area contributed by atoms with Crippen molar-refractivity contribution in [1.29, 1.82) is 0 Å². The first-order valence-corrected chi connectivity index (χ1v) is 13.6. The van der Waals surface area contributed by atoms with Crippen LogP contribution in [-0.4, -0.2) is 47.6 Å². The molecule has 1 fully saturated rings. The van der Waals surface area contributed by atoms with Gasteiger partial charge in [-0.2, -0.15) is 0 Å². The summed E-state index contributed by atoms with van der Waals surface area (Å²) in [6.45, 7) is 3.96. The second-order valence-corrected chi connectivity index (χ2v) is 10.8. The molecule has 0 saturated carbocycles.